The van der Waals surface area contributed by atoms with Gasteiger partial charge in [0.2, 0.25) is 0 Å². The predicted molar refractivity (Wildman–Crippen MR) is 72.7 cm³/mol. The van der Waals surface area contributed by atoms with E-state index in [0.29, 0.717) is 11.3 Å². The molecule has 1 aromatic heterocycles. The minimum absolute atomic E-state index is 0.113. The first-order valence-corrected chi connectivity index (χ1v) is 7.57. The van der Waals surface area contributed by atoms with Gasteiger partial charge in [-0.1, -0.05) is 0 Å². The lowest BCUT2D eigenvalue weighted by Crippen LogP contribution is -2.12. The number of phenols is 1. The summed E-state index contributed by atoms with van der Waals surface area (Å²) in [5, 5.41) is 9.28. The van der Waals surface area contributed by atoms with Gasteiger partial charge in [0.1, 0.15) is 9.96 Å². The summed E-state index contributed by atoms with van der Waals surface area (Å²) < 4.78 is 27.0. The van der Waals surface area contributed by atoms with Crippen LogP contribution in [0.1, 0.15) is 10.4 Å². The molecule has 0 saturated carbocycles. The number of phenolic OH excluding ortho intramolecular Hbond substituents is 1. The Morgan fingerprint density at radius 1 is 1.17 bits per heavy atom. The zero-order valence-corrected chi connectivity index (χ0v) is 11.6. The molecule has 6 heteroatoms. The van der Waals surface area contributed by atoms with Gasteiger partial charge in [-0.05, 0) is 49.7 Å². The van der Waals surface area contributed by atoms with Crippen molar-refractivity contribution in [2.45, 2.75) is 18.1 Å². The first-order chi connectivity index (χ1) is 8.38. The Labute approximate surface area is 110 Å². The standard InChI is InChI=1S/C12H13NO3S2/c1-8-7-10(14)4-5-11(8)13-18(15,16)12-6-3-9(2)17-12/h3-7,13-14H,1-2H3. The van der Waals surface area contributed by atoms with E-state index < -0.39 is 10.0 Å². The average Bonchev–Trinajstić information content (AvgIpc) is 2.70. The van der Waals surface area contributed by atoms with Gasteiger partial charge in [-0.3, -0.25) is 4.72 Å². The fourth-order valence-corrected chi connectivity index (χ4v) is 3.93. The van der Waals surface area contributed by atoms with Gasteiger partial charge < -0.3 is 5.11 Å². The highest BCUT2D eigenvalue weighted by atomic mass is 32.2. The first-order valence-electron chi connectivity index (χ1n) is 5.27. The van der Waals surface area contributed by atoms with Crippen LogP contribution in [0.4, 0.5) is 5.69 Å². The molecule has 1 heterocycles. The summed E-state index contributed by atoms with van der Waals surface area (Å²) in [5.74, 6) is 0.113. The number of sulfonamides is 1. The summed E-state index contributed by atoms with van der Waals surface area (Å²) >= 11 is 1.22. The lowest BCUT2D eigenvalue weighted by atomic mass is 10.2. The van der Waals surface area contributed by atoms with Crippen molar-refractivity contribution in [3.63, 3.8) is 0 Å². The van der Waals surface area contributed by atoms with Crippen LogP contribution in [0.3, 0.4) is 0 Å². The Hall–Kier alpha value is -1.53. The van der Waals surface area contributed by atoms with E-state index in [1.807, 2.05) is 6.92 Å². The summed E-state index contributed by atoms with van der Waals surface area (Å²) in [6.45, 7) is 3.59. The molecule has 0 aliphatic carbocycles. The summed E-state index contributed by atoms with van der Waals surface area (Å²) in [6.07, 6.45) is 0. The van der Waals surface area contributed by atoms with E-state index in [0.717, 1.165) is 4.88 Å². The Balaban J connectivity index is 2.33. The van der Waals surface area contributed by atoms with Crippen LogP contribution in [0.15, 0.2) is 34.5 Å². The third kappa shape index (κ3) is 2.65. The highest BCUT2D eigenvalue weighted by molar-refractivity contribution is 7.94. The van der Waals surface area contributed by atoms with Gasteiger partial charge in [0.15, 0.2) is 0 Å². The topological polar surface area (TPSA) is 66.4 Å². The van der Waals surface area contributed by atoms with Gasteiger partial charge in [-0.2, -0.15) is 0 Å². The van der Waals surface area contributed by atoms with Crippen molar-refractivity contribution >= 4 is 27.0 Å². The molecule has 0 bridgehead atoms. The third-order valence-corrected chi connectivity index (χ3v) is 5.29. The molecule has 4 nitrogen and oxygen atoms in total. The minimum atomic E-state index is -3.54. The van der Waals surface area contributed by atoms with Crippen LogP contribution in [0.2, 0.25) is 0 Å². The van der Waals surface area contributed by atoms with Crippen molar-refractivity contribution in [2.75, 3.05) is 4.72 Å². The zero-order chi connectivity index (χ0) is 13.3. The number of hydrogen-bond donors (Lipinski definition) is 2. The largest absolute Gasteiger partial charge is 0.508 e. The lowest BCUT2D eigenvalue weighted by molar-refractivity contribution is 0.475. The Morgan fingerprint density at radius 3 is 2.44 bits per heavy atom. The number of anilines is 1. The zero-order valence-electron chi connectivity index (χ0n) is 9.97. The summed E-state index contributed by atoms with van der Waals surface area (Å²) in [4.78, 5) is 0.942. The van der Waals surface area contributed by atoms with E-state index in [1.54, 1.807) is 25.1 Å². The van der Waals surface area contributed by atoms with Gasteiger partial charge >= 0.3 is 0 Å². The number of thiophene rings is 1. The Kier molecular flexibility index (Phi) is 3.32. The van der Waals surface area contributed by atoms with E-state index in [4.69, 9.17) is 0 Å². The molecule has 18 heavy (non-hydrogen) atoms. The Bertz CT molecular complexity index is 674. The molecule has 0 spiro atoms. The molecule has 0 atom stereocenters. The molecule has 1 aromatic carbocycles. The summed E-state index contributed by atoms with van der Waals surface area (Å²) in [5.41, 5.74) is 1.14. The number of rotatable bonds is 3. The number of hydrogen-bond acceptors (Lipinski definition) is 4. The highest BCUT2D eigenvalue weighted by Crippen LogP contribution is 2.26. The van der Waals surface area contributed by atoms with Crippen molar-refractivity contribution < 1.29 is 13.5 Å². The minimum Gasteiger partial charge on any atom is -0.508 e. The monoisotopic (exact) mass is 283 g/mol. The van der Waals surface area contributed by atoms with E-state index in [1.165, 1.54) is 23.5 Å². The Morgan fingerprint density at radius 2 is 1.89 bits per heavy atom. The second-order valence-electron chi connectivity index (χ2n) is 3.97. The molecule has 2 N–H and O–H groups in total. The molecule has 2 rings (SSSR count). The first kappa shape index (κ1) is 12.9. The molecular weight excluding hydrogens is 270 g/mol. The fourth-order valence-electron chi connectivity index (χ4n) is 1.51. The quantitative estimate of drug-likeness (QED) is 0.851. The van der Waals surface area contributed by atoms with Gasteiger partial charge in [-0.15, -0.1) is 11.3 Å². The molecule has 0 amide bonds. The van der Waals surface area contributed by atoms with Crippen LogP contribution in [0.5, 0.6) is 5.75 Å². The maximum Gasteiger partial charge on any atom is 0.271 e. The number of aromatic hydroxyl groups is 1. The maximum absolute atomic E-state index is 12.1. The van der Waals surface area contributed by atoms with Crippen molar-refractivity contribution in [3.05, 3.63) is 40.8 Å². The predicted octanol–water partition coefficient (Wildman–Crippen LogP) is 2.87. The van der Waals surface area contributed by atoms with Crippen LogP contribution in [-0.4, -0.2) is 13.5 Å². The van der Waals surface area contributed by atoms with E-state index in [9.17, 15) is 13.5 Å². The number of benzene rings is 1. The average molecular weight is 283 g/mol. The van der Waals surface area contributed by atoms with Crippen molar-refractivity contribution in [2.24, 2.45) is 0 Å². The van der Waals surface area contributed by atoms with Crippen LogP contribution in [0.25, 0.3) is 0 Å². The van der Waals surface area contributed by atoms with Crippen LogP contribution in [-0.2, 0) is 10.0 Å². The number of nitrogens with one attached hydrogen (secondary N) is 1. The van der Waals surface area contributed by atoms with E-state index in [-0.39, 0.29) is 9.96 Å². The molecule has 2 aromatic rings. The second-order valence-corrected chi connectivity index (χ2v) is 7.17. The van der Waals surface area contributed by atoms with Gasteiger partial charge in [0, 0.05) is 4.88 Å². The van der Waals surface area contributed by atoms with Gasteiger partial charge in [0.25, 0.3) is 10.0 Å². The lowest BCUT2D eigenvalue weighted by Gasteiger charge is -2.09. The van der Waals surface area contributed by atoms with Crippen LogP contribution in [0, 0.1) is 13.8 Å². The molecule has 96 valence electrons. The highest BCUT2D eigenvalue weighted by Gasteiger charge is 2.17. The SMILES string of the molecule is Cc1ccc(S(=O)(=O)Nc2ccc(O)cc2C)s1. The van der Waals surface area contributed by atoms with E-state index >= 15 is 0 Å². The van der Waals surface area contributed by atoms with E-state index in [2.05, 4.69) is 4.72 Å². The maximum atomic E-state index is 12.1. The van der Waals surface area contributed by atoms with Gasteiger partial charge in [-0.25, -0.2) is 8.42 Å². The second kappa shape index (κ2) is 4.62. The number of aryl methyl sites for hydroxylation is 2. The van der Waals surface area contributed by atoms with Crippen LogP contribution >= 0.6 is 11.3 Å². The fraction of sp³-hybridized carbons (Fsp3) is 0.167. The third-order valence-electron chi connectivity index (χ3n) is 2.43. The molecule has 0 saturated heterocycles. The van der Waals surface area contributed by atoms with Gasteiger partial charge in [0.05, 0.1) is 5.69 Å². The van der Waals surface area contributed by atoms with Crippen LogP contribution < -0.4 is 4.72 Å². The molecular formula is C12H13NO3S2. The molecule has 0 aliphatic heterocycles. The molecule has 0 fully saturated rings. The van der Waals surface area contributed by atoms with Crippen molar-refractivity contribution in [1.29, 1.82) is 0 Å². The smallest absolute Gasteiger partial charge is 0.271 e. The summed E-state index contributed by atoms with van der Waals surface area (Å²) in [7, 11) is -3.54. The van der Waals surface area contributed by atoms with Crippen molar-refractivity contribution in [1.82, 2.24) is 0 Å². The van der Waals surface area contributed by atoms with Crippen molar-refractivity contribution in [3.8, 4) is 5.75 Å². The molecule has 0 unspecified atom stereocenters. The normalized spacial score (nSPS) is 11.4. The molecule has 0 aliphatic rings. The molecule has 0 radical (unpaired) electrons. The summed E-state index contributed by atoms with van der Waals surface area (Å²) in [6, 6.07) is 7.85.